The van der Waals surface area contributed by atoms with E-state index in [0.29, 0.717) is 5.88 Å². The minimum Gasteiger partial charge on any atom is -0.479 e. The molecule has 66 valence electrons. The van der Waals surface area contributed by atoms with Crippen molar-refractivity contribution in [2.75, 3.05) is 6.61 Å². The third-order valence-corrected chi connectivity index (χ3v) is 1.30. The summed E-state index contributed by atoms with van der Waals surface area (Å²) in [5.74, 6) is -0.524. The summed E-state index contributed by atoms with van der Waals surface area (Å²) in [5.41, 5.74) is 0.804. The van der Waals surface area contributed by atoms with Crippen molar-refractivity contribution in [2.45, 2.75) is 6.92 Å². The van der Waals surface area contributed by atoms with Crippen molar-refractivity contribution in [1.29, 1.82) is 0 Å². The Morgan fingerprint density at radius 3 is 2.92 bits per heavy atom. The van der Waals surface area contributed by atoms with Gasteiger partial charge in [-0.1, -0.05) is 0 Å². The van der Waals surface area contributed by atoms with Crippen molar-refractivity contribution in [3.8, 4) is 5.88 Å². The van der Waals surface area contributed by atoms with Crippen molar-refractivity contribution < 1.29 is 14.6 Å². The van der Waals surface area contributed by atoms with Gasteiger partial charge in [-0.25, -0.2) is 9.48 Å². The number of carboxylic acids is 1. The van der Waals surface area contributed by atoms with Crippen LogP contribution in [0.1, 0.15) is 5.69 Å². The van der Waals surface area contributed by atoms with Crippen LogP contribution >= 0.6 is 0 Å². The third kappa shape index (κ3) is 1.98. The SMILES string of the molecule is Cc1cc(OCC(=O)O)n(C)n1. The van der Waals surface area contributed by atoms with Crippen molar-refractivity contribution in [3.05, 3.63) is 11.8 Å². The minimum atomic E-state index is -0.992. The van der Waals surface area contributed by atoms with Gasteiger partial charge in [0, 0.05) is 13.1 Å². The van der Waals surface area contributed by atoms with Gasteiger partial charge in [0.2, 0.25) is 5.88 Å². The van der Waals surface area contributed by atoms with Gasteiger partial charge in [0.25, 0.3) is 0 Å². The number of carbonyl (C=O) groups is 1. The molecule has 0 unspecified atom stereocenters. The van der Waals surface area contributed by atoms with Crippen LogP contribution in [0.3, 0.4) is 0 Å². The smallest absolute Gasteiger partial charge is 0.341 e. The van der Waals surface area contributed by atoms with Crippen LogP contribution in [-0.4, -0.2) is 27.5 Å². The maximum absolute atomic E-state index is 10.1. The highest BCUT2D eigenvalue weighted by Crippen LogP contribution is 2.10. The fourth-order valence-corrected chi connectivity index (χ4v) is 0.858. The maximum Gasteiger partial charge on any atom is 0.341 e. The second-order valence-corrected chi connectivity index (χ2v) is 2.43. The highest BCUT2D eigenvalue weighted by atomic mass is 16.5. The zero-order valence-electron chi connectivity index (χ0n) is 6.94. The largest absolute Gasteiger partial charge is 0.479 e. The molecule has 0 aliphatic rings. The molecule has 0 saturated heterocycles. The molecule has 0 aromatic carbocycles. The fourth-order valence-electron chi connectivity index (χ4n) is 0.858. The Morgan fingerprint density at radius 2 is 2.50 bits per heavy atom. The molecule has 5 nitrogen and oxygen atoms in total. The van der Waals surface area contributed by atoms with E-state index >= 15 is 0 Å². The fraction of sp³-hybridized carbons (Fsp3) is 0.429. The van der Waals surface area contributed by atoms with Crippen molar-refractivity contribution in [3.63, 3.8) is 0 Å². The summed E-state index contributed by atoms with van der Waals surface area (Å²) in [5, 5.41) is 12.3. The number of ether oxygens (including phenoxy) is 1. The second-order valence-electron chi connectivity index (χ2n) is 2.43. The Hall–Kier alpha value is -1.52. The van der Waals surface area contributed by atoms with E-state index in [9.17, 15) is 4.79 Å². The van der Waals surface area contributed by atoms with Crippen molar-refractivity contribution in [2.24, 2.45) is 7.05 Å². The van der Waals surface area contributed by atoms with Crippen LogP contribution in [0.2, 0.25) is 0 Å². The highest BCUT2D eigenvalue weighted by Gasteiger charge is 2.04. The molecule has 0 atom stereocenters. The molecular formula is C7H10N2O3. The van der Waals surface area contributed by atoms with E-state index in [2.05, 4.69) is 5.10 Å². The highest BCUT2D eigenvalue weighted by molar-refractivity contribution is 5.68. The molecule has 0 spiro atoms. The molecule has 1 N–H and O–H groups in total. The van der Waals surface area contributed by atoms with Crippen LogP contribution in [0.4, 0.5) is 0 Å². The number of aromatic nitrogens is 2. The van der Waals surface area contributed by atoms with E-state index < -0.39 is 5.97 Å². The summed E-state index contributed by atoms with van der Waals surface area (Å²) in [7, 11) is 1.70. The zero-order valence-corrected chi connectivity index (χ0v) is 6.94. The number of hydrogen-bond acceptors (Lipinski definition) is 3. The van der Waals surface area contributed by atoms with E-state index in [1.807, 2.05) is 6.92 Å². The molecule has 1 aromatic heterocycles. The van der Waals surface area contributed by atoms with Crippen LogP contribution in [0.25, 0.3) is 0 Å². The number of carboxylic acid groups (broad SMARTS) is 1. The predicted molar refractivity (Wildman–Crippen MR) is 41.1 cm³/mol. The van der Waals surface area contributed by atoms with Gasteiger partial charge < -0.3 is 9.84 Å². The van der Waals surface area contributed by atoms with Crippen LogP contribution < -0.4 is 4.74 Å². The van der Waals surface area contributed by atoms with Crippen LogP contribution in [-0.2, 0) is 11.8 Å². The lowest BCUT2D eigenvalue weighted by atomic mass is 10.5. The molecule has 1 rings (SSSR count). The number of hydrogen-bond donors (Lipinski definition) is 1. The Morgan fingerprint density at radius 1 is 1.83 bits per heavy atom. The Balaban J connectivity index is 2.62. The molecule has 0 fully saturated rings. The van der Waals surface area contributed by atoms with Crippen molar-refractivity contribution in [1.82, 2.24) is 9.78 Å². The summed E-state index contributed by atoms with van der Waals surface area (Å²) < 4.78 is 6.42. The summed E-state index contributed by atoms with van der Waals surface area (Å²) in [4.78, 5) is 10.1. The second kappa shape index (κ2) is 3.25. The van der Waals surface area contributed by atoms with Gasteiger partial charge in [-0.3, -0.25) is 0 Å². The van der Waals surface area contributed by atoms with Gasteiger partial charge in [-0.05, 0) is 6.92 Å². The summed E-state index contributed by atoms with van der Waals surface area (Å²) in [6.07, 6.45) is 0. The van der Waals surface area contributed by atoms with E-state index in [-0.39, 0.29) is 6.61 Å². The average molecular weight is 170 g/mol. The molecule has 0 amide bonds. The quantitative estimate of drug-likeness (QED) is 0.703. The van der Waals surface area contributed by atoms with Gasteiger partial charge in [-0.2, -0.15) is 5.10 Å². The number of nitrogens with zero attached hydrogens (tertiary/aromatic N) is 2. The van der Waals surface area contributed by atoms with E-state index in [4.69, 9.17) is 9.84 Å². The molecule has 1 aromatic rings. The van der Waals surface area contributed by atoms with Crippen LogP contribution in [0, 0.1) is 6.92 Å². The van der Waals surface area contributed by atoms with Gasteiger partial charge in [-0.15, -0.1) is 0 Å². The molecule has 5 heteroatoms. The van der Waals surface area contributed by atoms with Gasteiger partial charge in [0.05, 0.1) is 5.69 Å². The minimum absolute atomic E-state index is 0.334. The summed E-state index contributed by atoms with van der Waals surface area (Å²) >= 11 is 0. The van der Waals surface area contributed by atoms with Gasteiger partial charge >= 0.3 is 5.97 Å². The lowest BCUT2D eigenvalue weighted by Crippen LogP contribution is -2.11. The molecular weight excluding hydrogens is 160 g/mol. The molecule has 0 saturated carbocycles. The molecule has 12 heavy (non-hydrogen) atoms. The first-order valence-electron chi connectivity index (χ1n) is 3.45. The monoisotopic (exact) mass is 170 g/mol. The Kier molecular flexibility index (Phi) is 2.32. The molecule has 0 aliphatic carbocycles. The zero-order chi connectivity index (χ0) is 9.14. The standard InChI is InChI=1S/C7H10N2O3/c1-5-3-6(9(2)8-5)12-4-7(10)11/h3H,4H2,1-2H3,(H,10,11). The average Bonchev–Trinajstić information content (AvgIpc) is 2.26. The lowest BCUT2D eigenvalue weighted by molar-refractivity contribution is -0.139. The molecule has 0 bridgehead atoms. The first kappa shape index (κ1) is 8.58. The van der Waals surface area contributed by atoms with Gasteiger partial charge in [0.15, 0.2) is 6.61 Å². The lowest BCUT2D eigenvalue weighted by Gasteiger charge is -2.00. The summed E-state index contributed by atoms with van der Waals surface area (Å²) in [6, 6.07) is 1.68. The predicted octanol–water partition coefficient (Wildman–Crippen LogP) is 0.192. The van der Waals surface area contributed by atoms with E-state index in [0.717, 1.165) is 5.69 Å². The first-order valence-corrected chi connectivity index (χ1v) is 3.45. The Labute approximate surface area is 69.6 Å². The van der Waals surface area contributed by atoms with E-state index in [1.165, 1.54) is 4.68 Å². The maximum atomic E-state index is 10.1. The van der Waals surface area contributed by atoms with Crippen molar-refractivity contribution >= 4 is 5.97 Å². The van der Waals surface area contributed by atoms with E-state index in [1.54, 1.807) is 13.1 Å². The number of aliphatic carboxylic acids is 1. The van der Waals surface area contributed by atoms with Gasteiger partial charge in [0.1, 0.15) is 0 Å². The van der Waals surface area contributed by atoms with Crippen LogP contribution in [0.5, 0.6) is 5.88 Å². The Bertz CT molecular complexity index is 293. The molecule has 1 heterocycles. The third-order valence-electron chi connectivity index (χ3n) is 1.30. The molecule has 0 aliphatic heterocycles. The normalized spacial score (nSPS) is 9.83. The summed E-state index contributed by atoms with van der Waals surface area (Å²) in [6.45, 7) is 1.48. The molecule has 0 radical (unpaired) electrons. The topological polar surface area (TPSA) is 64.3 Å². The number of aryl methyl sites for hydroxylation is 2. The van der Waals surface area contributed by atoms with Crippen LogP contribution in [0.15, 0.2) is 6.07 Å². The number of rotatable bonds is 3. The first-order chi connectivity index (χ1) is 5.59.